The standard InChI is InChI=1S/C17H19NO/c1-2-17(18,16-11-7-4-8-12-16)14-19-13-15-9-5-3-6-10-15/h2-12H,1,13-14,18H2/t17-/m1/s1. The molecule has 0 bridgehead atoms. The molecule has 2 aromatic rings. The Bertz CT molecular complexity index is 509. The highest BCUT2D eigenvalue weighted by atomic mass is 16.5. The van der Waals surface area contributed by atoms with Crippen molar-refractivity contribution in [2.24, 2.45) is 5.73 Å². The van der Waals surface area contributed by atoms with Crippen LogP contribution >= 0.6 is 0 Å². The van der Waals surface area contributed by atoms with Crippen LogP contribution in [0, 0.1) is 0 Å². The molecule has 1 atom stereocenters. The minimum absolute atomic E-state index is 0.412. The number of hydrogen-bond acceptors (Lipinski definition) is 2. The zero-order valence-corrected chi connectivity index (χ0v) is 11.0. The van der Waals surface area contributed by atoms with E-state index in [1.54, 1.807) is 6.08 Å². The maximum Gasteiger partial charge on any atom is 0.0830 e. The zero-order chi connectivity index (χ0) is 13.6. The molecule has 0 aliphatic heterocycles. The van der Waals surface area contributed by atoms with Crippen LogP contribution in [0.3, 0.4) is 0 Å². The third-order valence-corrected chi connectivity index (χ3v) is 3.13. The summed E-state index contributed by atoms with van der Waals surface area (Å²) in [6, 6.07) is 20.0. The summed E-state index contributed by atoms with van der Waals surface area (Å²) in [7, 11) is 0. The van der Waals surface area contributed by atoms with Gasteiger partial charge in [-0.25, -0.2) is 0 Å². The third-order valence-electron chi connectivity index (χ3n) is 3.13. The summed E-state index contributed by atoms with van der Waals surface area (Å²) in [5.41, 5.74) is 7.85. The molecule has 0 aromatic heterocycles. The molecule has 2 heteroatoms. The molecule has 0 fully saturated rings. The Morgan fingerprint density at radius 2 is 1.58 bits per heavy atom. The number of benzene rings is 2. The highest BCUT2D eigenvalue weighted by Gasteiger charge is 2.23. The minimum Gasteiger partial charge on any atom is -0.374 e. The summed E-state index contributed by atoms with van der Waals surface area (Å²) in [6.07, 6.45) is 1.74. The van der Waals surface area contributed by atoms with Crippen molar-refractivity contribution in [2.75, 3.05) is 6.61 Å². The van der Waals surface area contributed by atoms with Crippen LogP contribution in [0.2, 0.25) is 0 Å². The van der Waals surface area contributed by atoms with Crippen LogP contribution in [0.5, 0.6) is 0 Å². The van der Waals surface area contributed by atoms with Gasteiger partial charge in [-0.2, -0.15) is 0 Å². The SMILES string of the molecule is C=C[C@@](N)(COCc1ccccc1)c1ccccc1. The van der Waals surface area contributed by atoms with E-state index in [1.165, 1.54) is 0 Å². The van der Waals surface area contributed by atoms with E-state index in [1.807, 2.05) is 60.7 Å². The van der Waals surface area contributed by atoms with Crippen LogP contribution in [0.15, 0.2) is 73.3 Å². The van der Waals surface area contributed by atoms with Gasteiger partial charge in [-0.1, -0.05) is 66.7 Å². The molecule has 19 heavy (non-hydrogen) atoms. The predicted molar refractivity (Wildman–Crippen MR) is 78.6 cm³/mol. The summed E-state index contributed by atoms with van der Waals surface area (Å²) in [6.45, 7) is 4.80. The second-order valence-corrected chi connectivity index (χ2v) is 4.59. The van der Waals surface area contributed by atoms with Crippen molar-refractivity contribution >= 4 is 0 Å². The van der Waals surface area contributed by atoms with E-state index in [0.717, 1.165) is 11.1 Å². The Kier molecular flexibility index (Phi) is 4.50. The molecule has 0 heterocycles. The maximum absolute atomic E-state index is 6.34. The van der Waals surface area contributed by atoms with E-state index >= 15 is 0 Å². The van der Waals surface area contributed by atoms with Gasteiger partial charge in [-0.05, 0) is 11.1 Å². The Labute approximate surface area is 114 Å². The zero-order valence-electron chi connectivity index (χ0n) is 11.0. The highest BCUT2D eigenvalue weighted by Crippen LogP contribution is 2.20. The van der Waals surface area contributed by atoms with Crippen LogP contribution in [-0.2, 0) is 16.9 Å². The van der Waals surface area contributed by atoms with Crippen LogP contribution in [0.4, 0.5) is 0 Å². The number of rotatable bonds is 6. The quantitative estimate of drug-likeness (QED) is 0.802. The molecule has 0 aliphatic rings. The molecule has 2 aromatic carbocycles. The molecular weight excluding hydrogens is 234 g/mol. The first-order chi connectivity index (χ1) is 9.24. The van der Waals surface area contributed by atoms with Crippen molar-refractivity contribution in [3.05, 3.63) is 84.4 Å². The number of ether oxygens (including phenoxy) is 1. The van der Waals surface area contributed by atoms with Crippen molar-refractivity contribution in [3.63, 3.8) is 0 Å². The fourth-order valence-corrected chi connectivity index (χ4v) is 1.92. The van der Waals surface area contributed by atoms with E-state index in [0.29, 0.717) is 13.2 Å². The maximum atomic E-state index is 6.34. The van der Waals surface area contributed by atoms with Gasteiger partial charge in [0.25, 0.3) is 0 Å². The smallest absolute Gasteiger partial charge is 0.0830 e. The first-order valence-electron chi connectivity index (χ1n) is 6.34. The first kappa shape index (κ1) is 13.5. The Morgan fingerprint density at radius 3 is 2.16 bits per heavy atom. The van der Waals surface area contributed by atoms with Crippen molar-refractivity contribution in [1.82, 2.24) is 0 Å². The molecule has 0 spiro atoms. The number of hydrogen-bond donors (Lipinski definition) is 1. The number of nitrogens with two attached hydrogens (primary N) is 1. The summed E-state index contributed by atoms with van der Waals surface area (Å²) in [5.74, 6) is 0. The molecule has 0 unspecified atom stereocenters. The first-order valence-corrected chi connectivity index (χ1v) is 6.34. The van der Waals surface area contributed by atoms with Gasteiger partial charge in [0, 0.05) is 0 Å². The lowest BCUT2D eigenvalue weighted by atomic mass is 9.92. The second kappa shape index (κ2) is 6.32. The van der Waals surface area contributed by atoms with Gasteiger partial charge in [0.05, 0.1) is 18.8 Å². The Hall–Kier alpha value is -1.90. The fraction of sp³-hybridized carbons (Fsp3) is 0.176. The van der Waals surface area contributed by atoms with E-state index in [4.69, 9.17) is 10.5 Å². The summed E-state index contributed by atoms with van der Waals surface area (Å²) in [5, 5.41) is 0. The van der Waals surface area contributed by atoms with Gasteiger partial charge in [0.2, 0.25) is 0 Å². The topological polar surface area (TPSA) is 35.2 Å². The van der Waals surface area contributed by atoms with Gasteiger partial charge in [0.15, 0.2) is 0 Å². The third kappa shape index (κ3) is 3.53. The van der Waals surface area contributed by atoms with Gasteiger partial charge in [0.1, 0.15) is 0 Å². The molecule has 0 saturated carbocycles. The summed E-state index contributed by atoms with van der Waals surface area (Å²) >= 11 is 0. The normalized spacial score (nSPS) is 13.7. The molecule has 2 rings (SSSR count). The van der Waals surface area contributed by atoms with Gasteiger partial charge in [-0.3, -0.25) is 0 Å². The lowest BCUT2D eigenvalue weighted by Gasteiger charge is -2.26. The minimum atomic E-state index is -0.643. The van der Waals surface area contributed by atoms with E-state index in [-0.39, 0.29) is 0 Å². The lowest BCUT2D eigenvalue weighted by molar-refractivity contribution is 0.0877. The average Bonchev–Trinajstić information content (AvgIpc) is 2.49. The summed E-state index contributed by atoms with van der Waals surface area (Å²) < 4.78 is 5.73. The van der Waals surface area contributed by atoms with Crippen LogP contribution < -0.4 is 5.73 Å². The van der Waals surface area contributed by atoms with Crippen LogP contribution in [0.1, 0.15) is 11.1 Å². The molecule has 2 nitrogen and oxygen atoms in total. The van der Waals surface area contributed by atoms with Gasteiger partial charge < -0.3 is 10.5 Å². The average molecular weight is 253 g/mol. The van der Waals surface area contributed by atoms with Gasteiger partial charge >= 0.3 is 0 Å². The molecular formula is C17H19NO. The Balaban J connectivity index is 1.98. The fourth-order valence-electron chi connectivity index (χ4n) is 1.92. The van der Waals surface area contributed by atoms with Crippen molar-refractivity contribution in [2.45, 2.75) is 12.1 Å². The molecule has 0 amide bonds. The van der Waals surface area contributed by atoms with E-state index < -0.39 is 5.54 Å². The molecule has 0 saturated heterocycles. The molecule has 98 valence electrons. The monoisotopic (exact) mass is 253 g/mol. The highest BCUT2D eigenvalue weighted by molar-refractivity contribution is 5.28. The lowest BCUT2D eigenvalue weighted by Crippen LogP contribution is -2.39. The Morgan fingerprint density at radius 1 is 1.00 bits per heavy atom. The molecule has 0 aliphatic carbocycles. The van der Waals surface area contributed by atoms with E-state index in [9.17, 15) is 0 Å². The van der Waals surface area contributed by atoms with Crippen molar-refractivity contribution < 1.29 is 4.74 Å². The second-order valence-electron chi connectivity index (χ2n) is 4.59. The summed E-state index contributed by atoms with van der Waals surface area (Å²) in [4.78, 5) is 0. The molecule has 0 radical (unpaired) electrons. The van der Waals surface area contributed by atoms with Gasteiger partial charge in [-0.15, -0.1) is 6.58 Å². The van der Waals surface area contributed by atoms with E-state index in [2.05, 4.69) is 6.58 Å². The van der Waals surface area contributed by atoms with Crippen molar-refractivity contribution in [3.8, 4) is 0 Å². The predicted octanol–water partition coefficient (Wildman–Crippen LogP) is 3.24. The van der Waals surface area contributed by atoms with Crippen LogP contribution in [0.25, 0.3) is 0 Å². The van der Waals surface area contributed by atoms with Crippen molar-refractivity contribution in [1.29, 1.82) is 0 Å². The molecule has 2 N–H and O–H groups in total. The largest absolute Gasteiger partial charge is 0.374 e. The van der Waals surface area contributed by atoms with Crippen LogP contribution in [-0.4, -0.2) is 6.61 Å².